The minimum Gasteiger partial charge on any atom is -0.494 e. The van der Waals surface area contributed by atoms with Gasteiger partial charge in [-0.3, -0.25) is 4.79 Å². The Kier molecular flexibility index (Phi) is 5.62. The molecule has 0 bridgehead atoms. The molecule has 1 fully saturated rings. The molecular formula is C25H26N4O3. The van der Waals surface area contributed by atoms with Crippen LogP contribution in [0, 0.1) is 5.92 Å². The summed E-state index contributed by atoms with van der Waals surface area (Å²) in [4.78, 5) is 24.0. The van der Waals surface area contributed by atoms with Crippen LogP contribution in [0.3, 0.4) is 0 Å². The van der Waals surface area contributed by atoms with E-state index in [0.717, 1.165) is 53.0 Å². The van der Waals surface area contributed by atoms with Crippen molar-refractivity contribution in [3.63, 3.8) is 0 Å². The van der Waals surface area contributed by atoms with Crippen LogP contribution in [0.4, 0.5) is 5.82 Å². The van der Waals surface area contributed by atoms with Gasteiger partial charge in [0.1, 0.15) is 23.2 Å². The second-order valence-electron chi connectivity index (χ2n) is 8.05. The number of anilines is 1. The van der Waals surface area contributed by atoms with Crippen LogP contribution in [0.15, 0.2) is 59.3 Å². The number of aromatic nitrogens is 2. The zero-order valence-electron chi connectivity index (χ0n) is 18.1. The number of hydrogen-bond acceptors (Lipinski definition) is 6. The number of para-hydroxylation sites is 1. The maximum atomic E-state index is 12.9. The first-order chi connectivity index (χ1) is 15.7. The Morgan fingerprint density at radius 2 is 2.03 bits per heavy atom. The van der Waals surface area contributed by atoms with E-state index in [2.05, 4.69) is 20.2 Å². The largest absolute Gasteiger partial charge is 0.494 e. The lowest BCUT2D eigenvalue weighted by molar-refractivity contribution is -0.125. The van der Waals surface area contributed by atoms with Crippen LogP contribution in [0.1, 0.15) is 25.3 Å². The second-order valence-corrected chi connectivity index (χ2v) is 8.05. The van der Waals surface area contributed by atoms with E-state index in [4.69, 9.17) is 9.15 Å². The third-order valence-corrected chi connectivity index (χ3v) is 5.93. The van der Waals surface area contributed by atoms with Gasteiger partial charge in [-0.2, -0.15) is 0 Å². The Morgan fingerprint density at radius 3 is 2.88 bits per heavy atom. The molecule has 3 heterocycles. The molecule has 2 aromatic heterocycles. The van der Waals surface area contributed by atoms with Crippen LogP contribution in [0.25, 0.3) is 22.1 Å². The average molecular weight is 431 g/mol. The summed E-state index contributed by atoms with van der Waals surface area (Å²) < 4.78 is 11.6. The number of benzene rings is 2. The first-order valence-corrected chi connectivity index (χ1v) is 11.1. The van der Waals surface area contributed by atoms with Crippen molar-refractivity contribution >= 4 is 33.8 Å². The summed E-state index contributed by atoms with van der Waals surface area (Å²) in [6, 6.07) is 15.7. The third kappa shape index (κ3) is 3.98. The summed E-state index contributed by atoms with van der Waals surface area (Å²) in [5, 5.41) is 4.07. The molecule has 0 saturated carbocycles. The van der Waals surface area contributed by atoms with Gasteiger partial charge in [-0.1, -0.05) is 24.3 Å². The fraction of sp³-hybridized carbons (Fsp3) is 0.320. The van der Waals surface area contributed by atoms with E-state index in [1.165, 1.54) is 0 Å². The van der Waals surface area contributed by atoms with Gasteiger partial charge < -0.3 is 19.4 Å². The van der Waals surface area contributed by atoms with Crippen LogP contribution in [-0.4, -0.2) is 35.6 Å². The van der Waals surface area contributed by atoms with E-state index in [0.29, 0.717) is 25.3 Å². The first kappa shape index (κ1) is 20.3. The summed E-state index contributed by atoms with van der Waals surface area (Å²) in [6.45, 7) is 4.55. The summed E-state index contributed by atoms with van der Waals surface area (Å²) in [5.74, 6) is 1.57. The molecule has 164 valence electrons. The lowest BCUT2D eigenvalue weighted by atomic mass is 9.97. The number of rotatable bonds is 6. The van der Waals surface area contributed by atoms with E-state index >= 15 is 0 Å². The van der Waals surface area contributed by atoms with Crippen LogP contribution in [-0.2, 0) is 11.3 Å². The highest BCUT2D eigenvalue weighted by Crippen LogP contribution is 2.33. The SMILES string of the molecule is CCOc1ccc(CNC(=O)C2CCCN(c3ncnc4c3oc3ccccc34)C2)cc1. The molecule has 5 rings (SSSR count). The number of furan rings is 1. The number of piperidine rings is 1. The smallest absolute Gasteiger partial charge is 0.225 e. The van der Waals surface area contributed by atoms with Gasteiger partial charge in [0.05, 0.1) is 12.5 Å². The number of amides is 1. The number of carbonyl (C=O) groups is 1. The summed E-state index contributed by atoms with van der Waals surface area (Å²) >= 11 is 0. The summed E-state index contributed by atoms with van der Waals surface area (Å²) in [5.41, 5.74) is 3.34. The Hall–Kier alpha value is -3.61. The minimum atomic E-state index is -0.0964. The molecule has 1 atom stereocenters. The van der Waals surface area contributed by atoms with Gasteiger partial charge in [-0.25, -0.2) is 9.97 Å². The molecule has 7 heteroatoms. The number of hydrogen-bond donors (Lipinski definition) is 1. The second kappa shape index (κ2) is 8.86. The molecule has 1 amide bonds. The van der Waals surface area contributed by atoms with Crippen LogP contribution < -0.4 is 15.0 Å². The van der Waals surface area contributed by atoms with Gasteiger partial charge in [0.25, 0.3) is 0 Å². The highest BCUT2D eigenvalue weighted by molar-refractivity contribution is 6.05. The number of ether oxygens (including phenoxy) is 1. The van der Waals surface area contributed by atoms with Crippen molar-refractivity contribution < 1.29 is 13.9 Å². The minimum absolute atomic E-state index is 0.0680. The monoisotopic (exact) mass is 430 g/mol. The molecular weight excluding hydrogens is 404 g/mol. The van der Waals surface area contributed by atoms with Gasteiger partial charge in [0.15, 0.2) is 11.4 Å². The quantitative estimate of drug-likeness (QED) is 0.491. The fourth-order valence-corrected chi connectivity index (χ4v) is 4.32. The number of carbonyl (C=O) groups excluding carboxylic acids is 1. The van der Waals surface area contributed by atoms with Crippen LogP contribution >= 0.6 is 0 Å². The maximum absolute atomic E-state index is 12.9. The molecule has 1 aliphatic heterocycles. The van der Waals surface area contributed by atoms with Crippen molar-refractivity contribution in [3.05, 3.63) is 60.4 Å². The topological polar surface area (TPSA) is 80.5 Å². The average Bonchev–Trinajstić information content (AvgIpc) is 3.22. The molecule has 1 unspecified atom stereocenters. The summed E-state index contributed by atoms with van der Waals surface area (Å²) in [7, 11) is 0. The van der Waals surface area contributed by atoms with Crippen molar-refractivity contribution in [2.45, 2.75) is 26.3 Å². The molecule has 0 radical (unpaired) electrons. The van der Waals surface area contributed by atoms with Crippen molar-refractivity contribution in [2.24, 2.45) is 5.92 Å². The molecule has 0 aliphatic carbocycles. The maximum Gasteiger partial charge on any atom is 0.225 e. The Morgan fingerprint density at radius 1 is 1.19 bits per heavy atom. The lowest BCUT2D eigenvalue weighted by Gasteiger charge is -2.32. The molecule has 2 aromatic carbocycles. The van der Waals surface area contributed by atoms with Crippen molar-refractivity contribution in [1.82, 2.24) is 15.3 Å². The van der Waals surface area contributed by atoms with Gasteiger partial charge in [-0.05, 0) is 49.6 Å². The molecule has 1 saturated heterocycles. The van der Waals surface area contributed by atoms with Crippen LogP contribution in [0.2, 0.25) is 0 Å². The Labute approximate surface area is 186 Å². The summed E-state index contributed by atoms with van der Waals surface area (Å²) in [6.07, 6.45) is 3.36. The first-order valence-electron chi connectivity index (χ1n) is 11.1. The number of nitrogens with zero attached hydrogens (tertiary/aromatic N) is 3. The van der Waals surface area contributed by atoms with E-state index < -0.39 is 0 Å². The normalized spacial score (nSPS) is 16.4. The third-order valence-electron chi connectivity index (χ3n) is 5.93. The van der Waals surface area contributed by atoms with Crippen molar-refractivity contribution in [1.29, 1.82) is 0 Å². The highest BCUT2D eigenvalue weighted by atomic mass is 16.5. The number of fused-ring (bicyclic) bond motifs is 3. The molecule has 32 heavy (non-hydrogen) atoms. The van der Waals surface area contributed by atoms with E-state index in [-0.39, 0.29) is 11.8 Å². The predicted octanol–water partition coefficient (Wildman–Crippen LogP) is 4.31. The van der Waals surface area contributed by atoms with Gasteiger partial charge in [0, 0.05) is 25.0 Å². The predicted molar refractivity (Wildman–Crippen MR) is 124 cm³/mol. The zero-order chi connectivity index (χ0) is 21.9. The standard InChI is InChI=1S/C25H26N4O3/c1-2-31-19-11-9-17(10-12-19)14-26-25(30)18-6-5-13-29(15-18)24-23-22(27-16-28-24)20-7-3-4-8-21(20)32-23/h3-4,7-12,16,18H,2,5-6,13-15H2,1H3,(H,26,30). The number of nitrogens with one attached hydrogen (secondary N) is 1. The van der Waals surface area contributed by atoms with E-state index in [1.807, 2.05) is 55.5 Å². The Bertz CT molecular complexity index is 1240. The zero-order valence-corrected chi connectivity index (χ0v) is 18.1. The fourth-order valence-electron chi connectivity index (χ4n) is 4.32. The lowest BCUT2D eigenvalue weighted by Crippen LogP contribution is -2.43. The van der Waals surface area contributed by atoms with Crippen molar-refractivity contribution in [3.8, 4) is 5.75 Å². The molecule has 4 aromatic rings. The van der Waals surface area contributed by atoms with E-state index in [9.17, 15) is 4.79 Å². The van der Waals surface area contributed by atoms with Gasteiger partial charge in [0.2, 0.25) is 5.91 Å². The highest BCUT2D eigenvalue weighted by Gasteiger charge is 2.28. The molecule has 1 N–H and O–H groups in total. The Balaban J connectivity index is 1.28. The van der Waals surface area contributed by atoms with Gasteiger partial charge in [-0.15, -0.1) is 0 Å². The molecule has 0 spiro atoms. The van der Waals surface area contributed by atoms with Crippen molar-refractivity contribution in [2.75, 3.05) is 24.6 Å². The van der Waals surface area contributed by atoms with Crippen LogP contribution in [0.5, 0.6) is 5.75 Å². The molecule has 7 nitrogen and oxygen atoms in total. The van der Waals surface area contributed by atoms with E-state index in [1.54, 1.807) is 6.33 Å². The van der Waals surface area contributed by atoms with Gasteiger partial charge >= 0.3 is 0 Å². The molecule has 1 aliphatic rings.